The molecule has 2 aromatic heterocycles. The van der Waals surface area contributed by atoms with Gasteiger partial charge in [-0.25, -0.2) is 9.97 Å². The summed E-state index contributed by atoms with van der Waals surface area (Å²) in [6.45, 7) is 1.39. The van der Waals surface area contributed by atoms with Gasteiger partial charge in [-0.2, -0.15) is 0 Å². The highest BCUT2D eigenvalue weighted by Crippen LogP contribution is 2.34. The van der Waals surface area contributed by atoms with Crippen molar-refractivity contribution in [2.75, 3.05) is 19.5 Å². The third-order valence-corrected chi connectivity index (χ3v) is 4.34. The van der Waals surface area contributed by atoms with Crippen molar-refractivity contribution in [1.82, 2.24) is 14.5 Å². The quantitative estimate of drug-likeness (QED) is 0.645. The smallest absolute Gasteiger partial charge is 0.220 e. The van der Waals surface area contributed by atoms with E-state index in [-0.39, 0.29) is 5.95 Å². The number of anilines is 1. The summed E-state index contributed by atoms with van der Waals surface area (Å²) in [5, 5.41) is 1.57. The molecule has 0 aliphatic heterocycles. The SMILES string of the molecule is COCCn1cc(-c2nc(N)ncc2Cl)c2cc(I)ccc21. The third-order valence-electron chi connectivity index (χ3n) is 3.40. The Morgan fingerprint density at radius 3 is 3.00 bits per heavy atom. The maximum atomic E-state index is 6.27. The number of rotatable bonds is 4. The monoisotopic (exact) mass is 428 g/mol. The Labute approximate surface area is 146 Å². The lowest BCUT2D eigenvalue weighted by Gasteiger charge is -2.03. The Bertz CT molecular complexity index is 834. The maximum Gasteiger partial charge on any atom is 0.220 e. The van der Waals surface area contributed by atoms with Crippen LogP contribution in [0.25, 0.3) is 22.2 Å². The number of nitrogen functional groups attached to an aromatic ring is 1. The highest BCUT2D eigenvalue weighted by Gasteiger charge is 2.15. The van der Waals surface area contributed by atoms with Gasteiger partial charge >= 0.3 is 0 Å². The molecule has 3 aromatic rings. The summed E-state index contributed by atoms with van der Waals surface area (Å²) < 4.78 is 8.47. The summed E-state index contributed by atoms with van der Waals surface area (Å²) in [4.78, 5) is 8.23. The molecule has 0 bridgehead atoms. The average Bonchev–Trinajstić information content (AvgIpc) is 2.85. The molecule has 114 valence electrons. The van der Waals surface area contributed by atoms with E-state index in [9.17, 15) is 0 Å². The number of hydrogen-bond acceptors (Lipinski definition) is 4. The van der Waals surface area contributed by atoms with Crippen LogP contribution in [0.2, 0.25) is 5.02 Å². The van der Waals surface area contributed by atoms with Crippen molar-refractivity contribution in [3.05, 3.63) is 39.2 Å². The number of fused-ring (bicyclic) bond motifs is 1. The zero-order valence-electron chi connectivity index (χ0n) is 11.9. The van der Waals surface area contributed by atoms with E-state index in [0.717, 1.165) is 26.6 Å². The van der Waals surface area contributed by atoms with Crippen molar-refractivity contribution >= 4 is 51.0 Å². The molecule has 2 heterocycles. The highest BCUT2D eigenvalue weighted by atomic mass is 127. The van der Waals surface area contributed by atoms with E-state index >= 15 is 0 Å². The second kappa shape index (κ2) is 6.39. The first-order chi connectivity index (χ1) is 10.6. The van der Waals surface area contributed by atoms with Crippen LogP contribution in [0.3, 0.4) is 0 Å². The molecular weight excluding hydrogens is 415 g/mol. The molecular formula is C15H14ClIN4O. The first-order valence-corrected chi connectivity index (χ1v) is 8.11. The molecule has 1 aromatic carbocycles. The number of ether oxygens (including phenoxy) is 1. The van der Waals surface area contributed by atoms with Gasteiger partial charge in [-0.3, -0.25) is 0 Å². The zero-order chi connectivity index (χ0) is 15.7. The Hall–Kier alpha value is -1.38. The van der Waals surface area contributed by atoms with Crippen LogP contribution in [0.1, 0.15) is 0 Å². The highest BCUT2D eigenvalue weighted by molar-refractivity contribution is 14.1. The number of nitrogens with zero attached hydrogens (tertiary/aromatic N) is 3. The molecule has 0 radical (unpaired) electrons. The van der Waals surface area contributed by atoms with Crippen LogP contribution in [0.15, 0.2) is 30.6 Å². The fourth-order valence-electron chi connectivity index (χ4n) is 2.40. The van der Waals surface area contributed by atoms with Crippen LogP contribution in [-0.2, 0) is 11.3 Å². The van der Waals surface area contributed by atoms with Gasteiger partial charge in [0.15, 0.2) is 0 Å². The number of halogens is 2. The van der Waals surface area contributed by atoms with Gasteiger partial charge in [0, 0.05) is 39.9 Å². The number of nitrogens with two attached hydrogens (primary N) is 1. The fraction of sp³-hybridized carbons (Fsp3) is 0.200. The van der Waals surface area contributed by atoms with Crippen molar-refractivity contribution in [2.45, 2.75) is 6.54 Å². The molecule has 0 saturated carbocycles. The van der Waals surface area contributed by atoms with Gasteiger partial charge in [-0.05, 0) is 40.8 Å². The zero-order valence-corrected chi connectivity index (χ0v) is 14.8. The summed E-state index contributed by atoms with van der Waals surface area (Å²) in [6, 6.07) is 6.28. The van der Waals surface area contributed by atoms with Crippen molar-refractivity contribution in [3.63, 3.8) is 0 Å². The van der Waals surface area contributed by atoms with E-state index < -0.39 is 0 Å². The lowest BCUT2D eigenvalue weighted by Crippen LogP contribution is -2.02. The predicted molar refractivity (Wildman–Crippen MR) is 97.0 cm³/mol. The molecule has 0 aliphatic rings. The minimum Gasteiger partial charge on any atom is -0.383 e. The van der Waals surface area contributed by atoms with E-state index in [1.54, 1.807) is 7.11 Å². The molecule has 0 spiro atoms. The minimum atomic E-state index is 0.211. The summed E-state index contributed by atoms with van der Waals surface area (Å²) in [6.07, 6.45) is 3.57. The van der Waals surface area contributed by atoms with Crippen molar-refractivity contribution in [2.24, 2.45) is 0 Å². The van der Waals surface area contributed by atoms with Crippen LogP contribution in [0, 0.1) is 3.57 Å². The van der Waals surface area contributed by atoms with Crippen LogP contribution in [0.5, 0.6) is 0 Å². The molecule has 3 rings (SSSR count). The molecule has 2 N–H and O–H groups in total. The van der Waals surface area contributed by atoms with E-state index in [1.165, 1.54) is 6.20 Å². The molecule has 0 amide bonds. The first-order valence-electron chi connectivity index (χ1n) is 6.66. The summed E-state index contributed by atoms with van der Waals surface area (Å²) in [5.74, 6) is 0.211. The van der Waals surface area contributed by atoms with Crippen LogP contribution < -0.4 is 5.73 Å². The maximum absolute atomic E-state index is 6.27. The van der Waals surface area contributed by atoms with Crippen LogP contribution >= 0.6 is 34.2 Å². The van der Waals surface area contributed by atoms with Gasteiger partial charge in [-0.1, -0.05) is 11.6 Å². The normalized spacial score (nSPS) is 11.2. The fourth-order valence-corrected chi connectivity index (χ4v) is 3.09. The molecule has 0 aliphatic carbocycles. The topological polar surface area (TPSA) is 66.0 Å². The van der Waals surface area contributed by atoms with Gasteiger partial charge in [-0.15, -0.1) is 0 Å². The summed E-state index contributed by atoms with van der Waals surface area (Å²) in [7, 11) is 1.69. The van der Waals surface area contributed by atoms with Crippen molar-refractivity contribution in [3.8, 4) is 11.3 Å². The predicted octanol–water partition coefficient (Wildman–Crippen LogP) is 3.58. The van der Waals surface area contributed by atoms with Gasteiger partial charge in [0.1, 0.15) is 0 Å². The van der Waals surface area contributed by atoms with Gasteiger partial charge < -0.3 is 15.0 Å². The average molecular weight is 429 g/mol. The molecule has 5 nitrogen and oxygen atoms in total. The van der Waals surface area contributed by atoms with E-state index in [0.29, 0.717) is 17.3 Å². The number of benzene rings is 1. The molecule has 7 heteroatoms. The Morgan fingerprint density at radius 2 is 2.23 bits per heavy atom. The van der Waals surface area contributed by atoms with Crippen molar-refractivity contribution in [1.29, 1.82) is 0 Å². The number of aromatic nitrogens is 3. The van der Waals surface area contributed by atoms with Gasteiger partial charge in [0.05, 0.1) is 23.5 Å². The number of methoxy groups -OCH3 is 1. The van der Waals surface area contributed by atoms with E-state index in [1.807, 2.05) is 6.20 Å². The van der Waals surface area contributed by atoms with E-state index in [2.05, 4.69) is 55.3 Å². The van der Waals surface area contributed by atoms with Gasteiger partial charge in [0.2, 0.25) is 5.95 Å². The Kier molecular flexibility index (Phi) is 4.51. The standard InChI is InChI=1S/C15H14ClIN4O/c1-22-5-4-21-8-11(10-6-9(17)2-3-13(10)21)14-12(16)7-19-15(18)20-14/h2-3,6-8H,4-5H2,1H3,(H2,18,19,20). The van der Waals surface area contributed by atoms with Crippen LogP contribution in [-0.4, -0.2) is 28.3 Å². The second-order valence-electron chi connectivity index (χ2n) is 4.82. The molecule has 0 saturated heterocycles. The molecule has 0 unspecified atom stereocenters. The third kappa shape index (κ3) is 2.90. The molecule has 0 atom stereocenters. The minimum absolute atomic E-state index is 0.211. The Morgan fingerprint density at radius 1 is 1.41 bits per heavy atom. The van der Waals surface area contributed by atoms with Crippen LogP contribution in [0.4, 0.5) is 5.95 Å². The summed E-state index contributed by atoms with van der Waals surface area (Å²) in [5.41, 5.74) is 8.43. The Balaban J connectivity index is 2.24. The number of hydrogen-bond donors (Lipinski definition) is 1. The lowest BCUT2D eigenvalue weighted by molar-refractivity contribution is 0.188. The molecule has 22 heavy (non-hydrogen) atoms. The summed E-state index contributed by atoms with van der Waals surface area (Å²) >= 11 is 8.56. The van der Waals surface area contributed by atoms with E-state index in [4.69, 9.17) is 22.1 Å². The largest absolute Gasteiger partial charge is 0.383 e. The van der Waals surface area contributed by atoms with Crippen molar-refractivity contribution < 1.29 is 4.74 Å². The van der Waals surface area contributed by atoms with Gasteiger partial charge in [0.25, 0.3) is 0 Å². The lowest BCUT2D eigenvalue weighted by atomic mass is 10.1. The first kappa shape index (κ1) is 15.5. The molecule has 0 fully saturated rings. The second-order valence-corrected chi connectivity index (χ2v) is 6.47.